The first kappa shape index (κ1) is 31.4. The molecule has 234 valence electrons. The summed E-state index contributed by atoms with van der Waals surface area (Å²) in [4.78, 5) is 54.1. The predicted molar refractivity (Wildman–Crippen MR) is 161 cm³/mol. The SMILES string of the molecule is CC(C)(C)OC(=O)n1c(C(=O)O)c(C[C@@H]2CCCN2C(=O)OC(=O)C(O)(c2ccccc2)c2ccccc2)c2ccc(F)cc21. The summed E-state index contributed by atoms with van der Waals surface area (Å²) in [5.74, 6) is -3.31. The van der Waals surface area contributed by atoms with Crippen molar-refractivity contribution in [1.29, 1.82) is 0 Å². The minimum atomic E-state index is -2.28. The van der Waals surface area contributed by atoms with E-state index in [9.17, 15) is 33.8 Å². The monoisotopic (exact) mass is 616 g/mol. The van der Waals surface area contributed by atoms with Crippen LogP contribution in [0.3, 0.4) is 0 Å². The molecule has 4 aromatic rings. The van der Waals surface area contributed by atoms with Crippen molar-refractivity contribution in [2.24, 2.45) is 0 Å². The molecule has 10 nitrogen and oxygen atoms in total. The number of aromatic carboxylic acids is 1. The van der Waals surface area contributed by atoms with E-state index in [0.717, 1.165) is 16.7 Å². The Labute approximate surface area is 258 Å². The number of fused-ring (bicyclic) bond motifs is 1. The van der Waals surface area contributed by atoms with Gasteiger partial charge >= 0.3 is 24.1 Å². The van der Waals surface area contributed by atoms with Gasteiger partial charge in [-0.2, -0.15) is 0 Å². The molecular formula is C34H33FN2O8. The largest absolute Gasteiger partial charge is 0.477 e. The van der Waals surface area contributed by atoms with Crippen LogP contribution in [0.2, 0.25) is 0 Å². The number of esters is 1. The second kappa shape index (κ2) is 12.2. The highest BCUT2D eigenvalue weighted by molar-refractivity contribution is 6.04. The molecule has 2 heterocycles. The molecule has 0 unspecified atom stereocenters. The number of hydrogen-bond donors (Lipinski definition) is 2. The van der Waals surface area contributed by atoms with E-state index < -0.39 is 52.9 Å². The molecule has 3 aromatic carbocycles. The van der Waals surface area contributed by atoms with Crippen LogP contribution < -0.4 is 0 Å². The van der Waals surface area contributed by atoms with Crippen molar-refractivity contribution in [3.8, 4) is 0 Å². The fraction of sp³-hybridized carbons (Fsp3) is 0.294. The van der Waals surface area contributed by atoms with Crippen LogP contribution >= 0.6 is 0 Å². The molecule has 0 aliphatic carbocycles. The van der Waals surface area contributed by atoms with E-state index in [-0.39, 0.29) is 35.2 Å². The molecule has 1 aromatic heterocycles. The summed E-state index contributed by atoms with van der Waals surface area (Å²) in [6, 6.07) is 19.2. The van der Waals surface area contributed by atoms with E-state index in [1.165, 1.54) is 11.0 Å². The van der Waals surface area contributed by atoms with Crippen molar-refractivity contribution in [3.05, 3.63) is 107 Å². The Bertz CT molecular complexity index is 1720. The maximum absolute atomic E-state index is 14.4. The number of benzene rings is 3. The zero-order chi connectivity index (χ0) is 32.5. The zero-order valence-electron chi connectivity index (χ0n) is 25.0. The standard InChI is InChI=1S/C34H33FN2O8/c1-33(2,3)45-32(42)37-27-19-23(35)16-17-25(27)26(28(37)29(38)39)20-24-15-10-18-36(24)31(41)44-30(40)34(43,21-11-6-4-7-12-21)22-13-8-5-9-14-22/h4-9,11-14,16-17,19,24,43H,10,15,18,20H2,1-3H3,(H,38,39)/t24-/m0/s1. The molecule has 1 aliphatic heterocycles. The lowest BCUT2D eigenvalue weighted by Gasteiger charge is -2.29. The number of ether oxygens (including phenoxy) is 2. The number of carbonyl (C=O) groups excluding carboxylic acids is 3. The Balaban J connectivity index is 1.47. The van der Waals surface area contributed by atoms with Crippen LogP contribution in [0, 0.1) is 5.82 Å². The van der Waals surface area contributed by atoms with Gasteiger partial charge in [0.15, 0.2) is 0 Å². The van der Waals surface area contributed by atoms with Gasteiger partial charge in [0.05, 0.1) is 5.52 Å². The second-order valence-electron chi connectivity index (χ2n) is 11.9. The maximum Gasteiger partial charge on any atom is 0.419 e. The Morgan fingerprint density at radius 3 is 2.07 bits per heavy atom. The summed E-state index contributed by atoms with van der Waals surface area (Å²) in [7, 11) is 0. The first-order valence-corrected chi connectivity index (χ1v) is 14.5. The fourth-order valence-electron chi connectivity index (χ4n) is 5.75. The molecule has 2 N–H and O–H groups in total. The van der Waals surface area contributed by atoms with Crippen LogP contribution in [0.4, 0.5) is 14.0 Å². The van der Waals surface area contributed by atoms with Gasteiger partial charge in [-0.05, 0) is 74.9 Å². The Morgan fingerprint density at radius 1 is 0.911 bits per heavy atom. The highest BCUT2D eigenvalue weighted by atomic mass is 19.1. The summed E-state index contributed by atoms with van der Waals surface area (Å²) in [6.45, 7) is 5.07. The average Bonchev–Trinajstić information content (AvgIpc) is 3.59. The van der Waals surface area contributed by atoms with Gasteiger partial charge in [0.25, 0.3) is 0 Å². The minimum absolute atomic E-state index is 0.00902. The number of likely N-dealkylation sites (tertiary alicyclic amines) is 1. The van der Waals surface area contributed by atoms with Crippen LogP contribution in [0.1, 0.15) is 60.8 Å². The molecule has 0 bridgehead atoms. The number of aromatic nitrogens is 1. The third kappa shape index (κ3) is 6.16. The predicted octanol–water partition coefficient (Wildman–Crippen LogP) is 5.87. The molecule has 1 aliphatic rings. The summed E-state index contributed by atoms with van der Waals surface area (Å²) >= 11 is 0. The summed E-state index contributed by atoms with van der Waals surface area (Å²) < 4.78 is 26.0. The van der Waals surface area contributed by atoms with Gasteiger partial charge in [-0.3, -0.25) is 0 Å². The Hall–Kier alpha value is -5.03. The number of carboxylic acids is 1. The number of aliphatic hydroxyl groups is 1. The lowest BCUT2D eigenvalue weighted by atomic mass is 9.86. The van der Waals surface area contributed by atoms with E-state index in [4.69, 9.17) is 9.47 Å². The maximum atomic E-state index is 14.4. The van der Waals surface area contributed by atoms with Crippen molar-refractivity contribution in [1.82, 2.24) is 9.47 Å². The smallest absolute Gasteiger partial charge is 0.419 e. The van der Waals surface area contributed by atoms with Crippen LogP contribution in [-0.4, -0.2) is 62.0 Å². The summed E-state index contributed by atoms with van der Waals surface area (Å²) in [5.41, 5.74) is -3.03. The van der Waals surface area contributed by atoms with Crippen LogP contribution in [0.5, 0.6) is 0 Å². The molecule has 1 atom stereocenters. The van der Waals surface area contributed by atoms with Crippen molar-refractivity contribution in [2.45, 2.75) is 57.3 Å². The van der Waals surface area contributed by atoms with Gasteiger partial charge in [-0.1, -0.05) is 60.7 Å². The molecule has 1 fully saturated rings. The Morgan fingerprint density at radius 2 is 1.51 bits per heavy atom. The molecule has 11 heteroatoms. The van der Waals surface area contributed by atoms with E-state index >= 15 is 0 Å². The first-order valence-electron chi connectivity index (χ1n) is 14.5. The van der Waals surface area contributed by atoms with Gasteiger partial charge in [0.1, 0.15) is 17.1 Å². The minimum Gasteiger partial charge on any atom is -0.477 e. The van der Waals surface area contributed by atoms with Crippen molar-refractivity contribution in [3.63, 3.8) is 0 Å². The lowest BCUT2D eigenvalue weighted by molar-refractivity contribution is -0.156. The number of halogens is 1. The molecule has 1 saturated heterocycles. The van der Waals surface area contributed by atoms with E-state index in [0.29, 0.717) is 18.2 Å². The molecule has 0 radical (unpaired) electrons. The molecule has 0 saturated carbocycles. The van der Waals surface area contributed by atoms with E-state index in [2.05, 4.69) is 0 Å². The van der Waals surface area contributed by atoms with E-state index in [1.807, 2.05) is 0 Å². The summed E-state index contributed by atoms with van der Waals surface area (Å²) in [5, 5.41) is 22.2. The number of amides is 1. The summed E-state index contributed by atoms with van der Waals surface area (Å²) in [6.07, 6.45) is -1.07. The highest BCUT2D eigenvalue weighted by Crippen LogP contribution is 2.34. The van der Waals surface area contributed by atoms with Gasteiger partial charge in [0, 0.05) is 18.0 Å². The van der Waals surface area contributed by atoms with Crippen molar-refractivity contribution < 1.29 is 43.3 Å². The van der Waals surface area contributed by atoms with Gasteiger partial charge in [0.2, 0.25) is 5.60 Å². The number of carboxylic acid groups (broad SMARTS) is 1. The van der Waals surface area contributed by atoms with Gasteiger partial charge in [-0.15, -0.1) is 0 Å². The molecule has 45 heavy (non-hydrogen) atoms. The van der Waals surface area contributed by atoms with Crippen LogP contribution in [0.25, 0.3) is 10.9 Å². The lowest BCUT2D eigenvalue weighted by Crippen LogP contribution is -2.44. The van der Waals surface area contributed by atoms with Gasteiger partial charge in [-0.25, -0.2) is 28.1 Å². The van der Waals surface area contributed by atoms with Crippen molar-refractivity contribution in [2.75, 3.05) is 6.54 Å². The second-order valence-corrected chi connectivity index (χ2v) is 11.9. The van der Waals surface area contributed by atoms with E-state index in [1.54, 1.807) is 81.4 Å². The average molecular weight is 617 g/mol. The molecule has 5 rings (SSSR count). The number of hydrogen-bond acceptors (Lipinski definition) is 7. The van der Waals surface area contributed by atoms with Gasteiger partial charge < -0.3 is 24.6 Å². The normalized spacial score (nSPS) is 15.2. The number of carbonyl (C=O) groups is 4. The van der Waals surface area contributed by atoms with Crippen LogP contribution in [-0.2, 0) is 26.3 Å². The third-order valence-electron chi connectivity index (χ3n) is 7.72. The molecule has 1 amide bonds. The molecule has 0 spiro atoms. The first-order chi connectivity index (χ1) is 21.3. The fourth-order valence-corrected chi connectivity index (χ4v) is 5.75. The third-order valence-corrected chi connectivity index (χ3v) is 7.72. The van der Waals surface area contributed by atoms with Crippen LogP contribution in [0.15, 0.2) is 78.9 Å². The number of rotatable bonds is 6. The zero-order valence-corrected chi connectivity index (χ0v) is 25.0. The molecular weight excluding hydrogens is 583 g/mol. The Kier molecular flexibility index (Phi) is 8.48. The topological polar surface area (TPSA) is 135 Å². The van der Waals surface area contributed by atoms with Crippen molar-refractivity contribution >= 4 is 35.0 Å². The highest BCUT2D eigenvalue weighted by Gasteiger charge is 2.44. The quantitative estimate of drug-likeness (QED) is 0.203. The number of nitrogens with zero attached hydrogens (tertiary/aromatic N) is 2.